The molecule has 0 bridgehead atoms. The number of oxazole rings is 1. The molecule has 86 valence electrons. The van der Waals surface area contributed by atoms with Crippen LogP contribution in [0, 0.1) is 6.92 Å². The van der Waals surface area contributed by atoms with Crippen molar-refractivity contribution >= 4 is 11.1 Å². The maximum Gasteiger partial charge on any atom is 0.192 e. The topological polar surface area (TPSA) is 74.9 Å². The molecule has 5 heteroatoms. The number of benzene rings is 1. The maximum absolute atomic E-state index is 8.95. The molecule has 1 aromatic carbocycles. The Morgan fingerprint density at radius 2 is 2.29 bits per heavy atom. The van der Waals surface area contributed by atoms with E-state index in [-0.39, 0.29) is 6.61 Å². The molecule has 0 spiro atoms. The molecule has 5 nitrogen and oxygen atoms in total. The van der Waals surface area contributed by atoms with Crippen molar-refractivity contribution in [3.8, 4) is 11.3 Å². The van der Waals surface area contributed by atoms with Gasteiger partial charge in [-0.3, -0.25) is 0 Å². The van der Waals surface area contributed by atoms with Crippen molar-refractivity contribution in [1.82, 2.24) is 15.0 Å². The average Bonchev–Trinajstić information content (AvgIpc) is 2.92. The number of nitrogens with one attached hydrogen (secondary N) is 1. The first kappa shape index (κ1) is 10.0. The number of rotatable bonds is 2. The zero-order chi connectivity index (χ0) is 11.8. The lowest BCUT2D eigenvalue weighted by Gasteiger charge is -1.96. The lowest BCUT2D eigenvalue weighted by molar-refractivity contribution is 0.272. The Bertz CT molecular complexity index is 669. The van der Waals surface area contributed by atoms with Gasteiger partial charge >= 0.3 is 0 Å². The van der Waals surface area contributed by atoms with Crippen LogP contribution >= 0.6 is 0 Å². The molecule has 0 aliphatic heterocycles. The first-order valence-electron chi connectivity index (χ1n) is 5.28. The number of aromatic amines is 1. The molecule has 0 radical (unpaired) electrons. The molecule has 3 aromatic rings. The molecule has 0 fully saturated rings. The van der Waals surface area contributed by atoms with Crippen LogP contribution in [0.1, 0.15) is 11.7 Å². The van der Waals surface area contributed by atoms with Gasteiger partial charge in [0.25, 0.3) is 0 Å². The zero-order valence-electron chi connectivity index (χ0n) is 9.27. The summed E-state index contributed by atoms with van der Waals surface area (Å²) >= 11 is 0. The number of hydrogen-bond donors (Lipinski definition) is 2. The number of imidazole rings is 1. The van der Waals surface area contributed by atoms with E-state index in [9.17, 15) is 0 Å². The second-order valence-electron chi connectivity index (χ2n) is 3.82. The second kappa shape index (κ2) is 3.71. The normalized spacial score (nSPS) is 11.2. The highest BCUT2D eigenvalue weighted by Gasteiger charge is 2.06. The fourth-order valence-corrected chi connectivity index (χ4v) is 1.80. The number of aliphatic hydroxyl groups excluding tert-OH is 1. The van der Waals surface area contributed by atoms with Crippen LogP contribution in [0.5, 0.6) is 0 Å². The van der Waals surface area contributed by atoms with Crippen molar-refractivity contribution in [3.63, 3.8) is 0 Å². The summed E-state index contributed by atoms with van der Waals surface area (Å²) in [4.78, 5) is 11.4. The van der Waals surface area contributed by atoms with E-state index in [1.165, 1.54) is 0 Å². The van der Waals surface area contributed by atoms with Crippen molar-refractivity contribution < 1.29 is 9.52 Å². The van der Waals surface area contributed by atoms with Crippen LogP contribution in [0.3, 0.4) is 0 Å². The smallest absolute Gasteiger partial charge is 0.192 e. The van der Waals surface area contributed by atoms with E-state index < -0.39 is 0 Å². The molecule has 0 amide bonds. The zero-order valence-corrected chi connectivity index (χ0v) is 9.27. The molecular formula is C12H11N3O2. The van der Waals surface area contributed by atoms with Crippen molar-refractivity contribution in [2.75, 3.05) is 0 Å². The predicted octanol–water partition coefficient (Wildman–Crippen LogP) is 2.02. The molecule has 2 N–H and O–H groups in total. The SMILES string of the molecule is Cc1nc2cc(-c3cnc(CO)[nH]3)ccc2o1. The fourth-order valence-electron chi connectivity index (χ4n) is 1.80. The minimum Gasteiger partial charge on any atom is -0.441 e. The second-order valence-corrected chi connectivity index (χ2v) is 3.82. The van der Waals surface area contributed by atoms with E-state index in [1.807, 2.05) is 25.1 Å². The Morgan fingerprint density at radius 1 is 1.41 bits per heavy atom. The highest BCUT2D eigenvalue weighted by molar-refractivity contribution is 5.79. The minimum atomic E-state index is -0.0920. The Morgan fingerprint density at radius 3 is 3.06 bits per heavy atom. The molecule has 2 heterocycles. The molecule has 2 aromatic heterocycles. The summed E-state index contributed by atoms with van der Waals surface area (Å²) in [7, 11) is 0. The summed E-state index contributed by atoms with van der Waals surface area (Å²) in [6, 6.07) is 5.74. The lowest BCUT2D eigenvalue weighted by Crippen LogP contribution is -1.84. The maximum atomic E-state index is 8.95. The van der Waals surface area contributed by atoms with Crippen molar-refractivity contribution in [2.24, 2.45) is 0 Å². The summed E-state index contributed by atoms with van der Waals surface area (Å²) < 4.78 is 5.41. The van der Waals surface area contributed by atoms with E-state index in [1.54, 1.807) is 6.20 Å². The Kier molecular flexibility index (Phi) is 2.19. The number of aliphatic hydroxyl groups is 1. The Balaban J connectivity index is 2.10. The highest BCUT2D eigenvalue weighted by atomic mass is 16.3. The van der Waals surface area contributed by atoms with Gasteiger partial charge in [-0.2, -0.15) is 0 Å². The number of hydrogen-bond acceptors (Lipinski definition) is 4. The first-order valence-corrected chi connectivity index (χ1v) is 5.28. The molecule has 3 rings (SSSR count). The van der Waals surface area contributed by atoms with Crippen LogP contribution in [0.25, 0.3) is 22.4 Å². The summed E-state index contributed by atoms with van der Waals surface area (Å²) in [6.45, 7) is 1.73. The van der Waals surface area contributed by atoms with Crippen LogP contribution in [0.2, 0.25) is 0 Å². The molecule has 0 unspecified atom stereocenters. The van der Waals surface area contributed by atoms with Gasteiger partial charge in [-0.1, -0.05) is 0 Å². The van der Waals surface area contributed by atoms with Crippen LogP contribution < -0.4 is 0 Å². The highest BCUT2D eigenvalue weighted by Crippen LogP contribution is 2.23. The van der Waals surface area contributed by atoms with E-state index in [0.717, 1.165) is 22.4 Å². The third kappa shape index (κ3) is 1.70. The van der Waals surface area contributed by atoms with Crippen LogP contribution in [-0.4, -0.2) is 20.1 Å². The third-order valence-corrected chi connectivity index (χ3v) is 2.58. The van der Waals surface area contributed by atoms with Crippen molar-refractivity contribution in [3.05, 3.63) is 36.1 Å². The van der Waals surface area contributed by atoms with Gasteiger partial charge in [-0.25, -0.2) is 9.97 Å². The van der Waals surface area contributed by atoms with Gasteiger partial charge in [-0.05, 0) is 18.2 Å². The van der Waals surface area contributed by atoms with Crippen molar-refractivity contribution in [2.45, 2.75) is 13.5 Å². The van der Waals surface area contributed by atoms with E-state index >= 15 is 0 Å². The first-order chi connectivity index (χ1) is 8.26. The average molecular weight is 229 g/mol. The summed E-state index contributed by atoms with van der Waals surface area (Å²) in [6.07, 6.45) is 1.69. The van der Waals surface area contributed by atoms with Gasteiger partial charge in [0.15, 0.2) is 11.5 Å². The summed E-state index contributed by atoms with van der Waals surface area (Å²) in [5, 5.41) is 8.95. The summed E-state index contributed by atoms with van der Waals surface area (Å²) in [5.74, 6) is 1.20. The van der Waals surface area contributed by atoms with E-state index in [4.69, 9.17) is 9.52 Å². The Hall–Kier alpha value is -2.14. The lowest BCUT2D eigenvalue weighted by atomic mass is 10.1. The van der Waals surface area contributed by atoms with Gasteiger partial charge in [0.2, 0.25) is 0 Å². The van der Waals surface area contributed by atoms with Crippen LogP contribution in [0.15, 0.2) is 28.8 Å². The molecular weight excluding hydrogens is 218 g/mol. The summed E-state index contributed by atoms with van der Waals surface area (Å²) in [5.41, 5.74) is 3.42. The van der Waals surface area contributed by atoms with E-state index in [0.29, 0.717) is 11.7 Å². The van der Waals surface area contributed by atoms with Gasteiger partial charge in [0, 0.05) is 12.5 Å². The van der Waals surface area contributed by atoms with Crippen LogP contribution in [0.4, 0.5) is 0 Å². The van der Waals surface area contributed by atoms with Crippen molar-refractivity contribution in [1.29, 1.82) is 0 Å². The number of aryl methyl sites for hydroxylation is 1. The number of aromatic nitrogens is 3. The third-order valence-electron chi connectivity index (χ3n) is 2.58. The van der Waals surface area contributed by atoms with Crippen LogP contribution in [-0.2, 0) is 6.61 Å². The van der Waals surface area contributed by atoms with Gasteiger partial charge in [-0.15, -0.1) is 0 Å². The molecule has 0 atom stereocenters. The Labute approximate surface area is 97.1 Å². The molecule has 0 saturated carbocycles. The minimum absolute atomic E-state index is 0.0920. The number of nitrogens with zero attached hydrogens (tertiary/aromatic N) is 2. The standard InChI is InChI=1S/C12H11N3O2/c1-7-14-9-4-8(2-3-11(9)17-7)10-5-13-12(6-16)15-10/h2-5,16H,6H2,1H3,(H,13,15). The monoisotopic (exact) mass is 229 g/mol. The number of fused-ring (bicyclic) bond motifs is 1. The molecule has 0 aliphatic rings. The van der Waals surface area contributed by atoms with Gasteiger partial charge in [0.05, 0.1) is 11.9 Å². The quantitative estimate of drug-likeness (QED) is 0.705. The predicted molar refractivity (Wildman–Crippen MR) is 62.3 cm³/mol. The largest absolute Gasteiger partial charge is 0.441 e. The van der Waals surface area contributed by atoms with Gasteiger partial charge < -0.3 is 14.5 Å². The molecule has 0 saturated heterocycles. The number of H-pyrrole nitrogens is 1. The van der Waals surface area contributed by atoms with Gasteiger partial charge in [0.1, 0.15) is 17.9 Å². The molecule has 0 aliphatic carbocycles. The van der Waals surface area contributed by atoms with E-state index in [2.05, 4.69) is 15.0 Å². The molecule has 17 heavy (non-hydrogen) atoms. The fraction of sp³-hybridized carbons (Fsp3) is 0.167.